The lowest BCUT2D eigenvalue weighted by atomic mass is 10.0. The van der Waals surface area contributed by atoms with Crippen molar-refractivity contribution in [1.29, 1.82) is 0 Å². The number of ether oxygens (including phenoxy) is 1. The number of anilines is 1. The maximum atomic E-state index is 11.0. The third kappa shape index (κ3) is 4.38. The van der Waals surface area contributed by atoms with Crippen LogP contribution in [0.4, 0.5) is 5.82 Å². The highest BCUT2D eigenvalue weighted by molar-refractivity contribution is 6.00. The summed E-state index contributed by atoms with van der Waals surface area (Å²) < 4.78 is 7.95. The van der Waals surface area contributed by atoms with Crippen LogP contribution in [0.3, 0.4) is 0 Å². The number of fused-ring (bicyclic) bond motifs is 1. The highest BCUT2D eigenvalue weighted by Gasteiger charge is 2.26. The van der Waals surface area contributed by atoms with Gasteiger partial charge in [0.2, 0.25) is 0 Å². The smallest absolute Gasteiger partial charge is 0.317 e. The average molecular weight is 444 g/mol. The minimum Gasteiger partial charge on any atom is -0.480 e. The van der Waals surface area contributed by atoms with E-state index in [0.717, 1.165) is 59.6 Å². The highest BCUT2D eigenvalue weighted by atomic mass is 16.5. The fraction of sp³-hybridized carbons (Fsp3) is 0.240. The highest BCUT2D eigenvalue weighted by Crippen LogP contribution is 2.36. The number of likely N-dealkylation sites (tertiary alicyclic amines) is 1. The van der Waals surface area contributed by atoms with Crippen LogP contribution in [-0.2, 0) is 4.79 Å². The Labute approximate surface area is 191 Å². The second-order valence-corrected chi connectivity index (χ2v) is 8.22. The maximum absolute atomic E-state index is 11.0. The molecule has 0 atom stereocenters. The molecule has 1 aliphatic heterocycles. The second kappa shape index (κ2) is 8.91. The van der Waals surface area contributed by atoms with E-state index in [0.29, 0.717) is 5.82 Å². The van der Waals surface area contributed by atoms with E-state index in [1.165, 1.54) is 0 Å². The topological polar surface area (TPSA) is 107 Å². The summed E-state index contributed by atoms with van der Waals surface area (Å²) in [5.74, 6) is 1.17. The number of para-hydroxylation sites is 1. The van der Waals surface area contributed by atoms with Gasteiger partial charge >= 0.3 is 5.97 Å². The van der Waals surface area contributed by atoms with Crippen LogP contribution in [0.5, 0.6) is 11.5 Å². The number of aliphatic carboxylic acids is 1. The molecule has 3 N–H and O–H groups in total. The van der Waals surface area contributed by atoms with Gasteiger partial charge in [-0.3, -0.25) is 14.4 Å². The lowest BCUT2D eigenvalue weighted by molar-refractivity contribution is -0.138. The zero-order chi connectivity index (χ0) is 22.8. The first kappa shape index (κ1) is 21.0. The van der Waals surface area contributed by atoms with E-state index in [9.17, 15) is 4.79 Å². The molecule has 8 nitrogen and oxygen atoms in total. The van der Waals surface area contributed by atoms with E-state index in [1.807, 2.05) is 70.2 Å². The van der Waals surface area contributed by atoms with E-state index in [1.54, 1.807) is 6.20 Å². The molecule has 0 saturated carbocycles. The van der Waals surface area contributed by atoms with Gasteiger partial charge < -0.3 is 15.6 Å². The molecule has 2 aromatic heterocycles. The predicted molar refractivity (Wildman–Crippen MR) is 126 cm³/mol. The van der Waals surface area contributed by atoms with Gasteiger partial charge in [-0.2, -0.15) is 5.10 Å². The van der Waals surface area contributed by atoms with Crippen LogP contribution >= 0.6 is 0 Å². The number of pyridine rings is 1. The molecule has 3 heterocycles. The van der Waals surface area contributed by atoms with Gasteiger partial charge in [0.05, 0.1) is 23.5 Å². The molecule has 4 aromatic rings. The first-order valence-electron chi connectivity index (χ1n) is 11.0. The van der Waals surface area contributed by atoms with E-state index < -0.39 is 5.97 Å². The quantitative estimate of drug-likeness (QED) is 0.460. The zero-order valence-corrected chi connectivity index (χ0v) is 18.1. The Balaban J connectivity index is 1.44. The van der Waals surface area contributed by atoms with E-state index in [2.05, 4.69) is 4.98 Å². The van der Waals surface area contributed by atoms with Crippen LogP contribution < -0.4 is 10.5 Å². The summed E-state index contributed by atoms with van der Waals surface area (Å²) in [6.07, 6.45) is 3.36. The Bertz CT molecular complexity index is 1260. The van der Waals surface area contributed by atoms with Crippen LogP contribution in [0, 0.1) is 0 Å². The second-order valence-electron chi connectivity index (χ2n) is 8.22. The van der Waals surface area contributed by atoms with Crippen LogP contribution in [0.1, 0.15) is 18.9 Å². The summed E-state index contributed by atoms with van der Waals surface area (Å²) in [4.78, 5) is 17.3. The number of carbonyl (C=O) groups is 1. The van der Waals surface area contributed by atoms with Crippen LogP contribution in [-0.4, -0.2) is 50.4 Å². The summed E-state index contributed by atoms with van der Waals surface area (Å²) >= 11 is 0. The molecule has 5 rings (SSSR count). The van der Waals surface area contributed by atoms with Gasteiger partial charge in [-0.1, -0.05) is 18.2 Å². The summed E-state index contributed by atoms with van der Waals surface area (Å²) in [5, 5.41) is 14.9. The molecule has 8 heteroatoms. The van der Waals surface area contributed by atoms with Crippen molar-refractivity contribution >= 4 is 22.7 Å². The molecule has 1 aliphatic rings. The number of carboxylic acid groups (broad SMARTS) is 1. The summed E-state index contributed by atoms with van der Waals surface area (Å²) in [7, 11) is 0. The van der Waals surface area contributed by atoms with Crippen LogP contribution in [0.25, 0.3) is 22.2 Å². The van der Waals surface area contributed by atoms with Crippen molar-refractivity contribution in [2.24, 2.45) is 0 Å². The number of rotatable bonds is 6. The molecule has 33 heavy (non-hydrogen) atoms. The van der Waals surface area contributed by atoms with Crippen molar-refractivity contribution in [3.8, 4) is 22.8 Å². The summed E-state index contributed by atoms with van der Waals surface area (Å²) in [6.45, 7) is 1.52. The summed E-state index contributed by atoms with van der Waals surface area (Å²) in [5.41, 5.74) is 8.95. The number of piperidine rings is 1. The van der Waals surface area contributed by atoms with Gasteiger partial charge in [0, 0.05) is 24.8 Å². The molecule has 0 bridgehead atoms. The first-order chi connectivity index (χ1) is 16.1. The molecular weight excluding hydrogens is 418 g/mol. The molecule has 0 unspecified atom stereocenters. The third-order valence-electron chi connectivity index (χ3n) is 6.02. The van der Waals surface area contributed by atoms with Crippen LogP contribution in [0.2, 0.25) is 0 Å². The number of carboxylic acids is 1. The first-order valence-corrected chi connectivity index (χ1v) is 11.0. The van der Waals surface area contributed by atoms with Gasteiger partial charge in [-0.25, -0.2) is 4.98 Å². The number of hydrogen-bond acceptors (Lipinski definition) is 6. The largest absolute Gasteiger partial charge is 0.480 e. The lowest BCUT2D eigenvalue weighted by Crippen LogP contribution is -2.38. The fourth-order valence-corrected chi connectivity index (χ4v) is 4.41. The molecule has 1 saturated heterocycles. The number of nitrogen functional groups attached to an aromatic ring is 1. The predicted octanol–water partition coefficient (Wildman–Crippen LogP) is 4.19. The Morgan fingerprint density at radius 3 is 2.42 bits per heavy atom. The number of hydrogen-bond donors (Lipinski definition) is 2. The molecule has 0 spiro atoms. The molecule has 1 fully saturated rings. The van der Waals surface area contributed by atoms with E-state index >= 15 is 0 Å². The molecule has 2 aromatic carbocycles. The van der Waals surface area contributed by atoms with Crippen LogP contribution in [0.15, 0.2) is 66.9 Å². The van der Waals surface area contributed by atoms with Gasteiger partial charge in [0.15, 0.2) is 0 Å². The minimum absolute atomic E-state index is 0.0755. The van der Waals surface area contributed by atoms with Gasteiger partial charge in [-0.15, -0.1) is 0 Å². The van der Waals surface area contributed by atoms with Crippen molar-refractivity contribution in [3.05, 3.63) is 66.9 Å². The number of nitrogens with zero attached hydrogens (tertiary/aromatic N) is 4. The SMILES string of the molecule is Nc1nccc2c1c(-c1ccc(Oc3ccccc3)cc1)nn2C1CCN(CC(=O)O)CC1. The average Bonchev–Trinajstić information content (AvgIpc) is 3.21. The summed E-state index contributed by atoms with van der Waals surface area (Å²) in [6, 6.07) is 19.6. The number of nitrogens with two attached hydrogens (primary N) is 1. The maximum Gasteiger partial charge on any atom is 0.317 e. The Kier molecular flexibility index (Phi) is 5.66. The van der Waals surface area contributed by atoms with E-state index in [-0.39, 0.29) is 12.6 Å². The molecule has 168 valence electrons. The van der Waals surface area contributed by atoms with Crippen molar-refractivity contribution in [2.45, 2.75) is 18.9 Å². The third-order valence-corrected chi connectivity index (χ3v) is 6.02. The van der Waals surface area contributed by atoms with E-state index in [4.69, 9.17) is 20.7 Å². The fourth-order valence-electron chi connectivity index (χ4n) is 4.41. The minimum atomic E-state index is -0.793. The Hall–Kier alpha value is -3.91. The molecular formula is C25H25N5O3. The molecule has 0 radical (unpaired) electrons. The van der Waals surface area contributed by atoms with Gasteiger partial charge in [0.25, 0.3) is 0 Å². The van der Waals surface area contributed by atoms with Crippen molar-refractivity contribution < 1.29 is 14.6 Å². The van der Waals surface area contributed by atoms with Crippen molar-refractivity contribution in [1.82, 2.24) is 19.7 Å². The number of benzene rings is 2. The molecule has 0 aliphatic carbocycles. The Morgan fingerprint density at radius 2 is 1.73 bits per heavy atom. The standard InChI is InChI=1S/C25H25N5O3/c26-25-23-21(10-13-27-25)30(18-11-14-29(15-12-18)16-22(31)32)28-24(23)17-6-8-20(9-7-17)33-19-4-2-1-3-5-19/h1-10,13,18H,11-12,14-16H2,(H2,26,27)(H,31,32). The Morgan fingerprint density at radius 1 is 1.03 bits per heavy atom. The molecule has 0 amide bonds. The van der Waals surface area contributed by atoms with Gasteiger partial charge in [0.1, 0.15) is 23.0 Å². The monoisotopic (exact) mass is 443 g/mol. The number of aromatic nitrogens is 3. The van der Waals surface area contributed by atoms with Crippen molar-refractivity contribution in [3.63, 3.8) is 0 Å². The van der Waals surface area contributed by atoms with Crippen molar-refractivity contribution in [2.75, 3.05) is 25.4 Å². The zero-order valence-electron chi connectivity index (χ0n) is 18.1. The lowest BCUT2D eigenvalue weighted by Gasteiger charge is -2.31. The van der Waals surface area contributed by atoms with Gasteiger partial charge in [-0.05, 0) is 55.3 Å². The normalized spacial score (nSPS) is 15.0.